The second-order valence-corrected chi connectivity index (χ2v) is 7.82. The first-order chi connectivity index (χ1) is 12.9. The summed E-state index contributed by atoms with van der Waals surface area (Å²) in [6.07, 6.45) is 6.21. The van der Waals surface area contributed by atoms with E-state index in [0.29, 0.717) is 22.4 Å². The second-order valence-electron chi connectivity index (χ2n) is 7.39. The maximum atomic E-state index is 12.4. The van der Waals surface area contributed by atoms with Crippen LogP contribution in [0.4, 0.5) is 5.69 Å². The van der Waals surface area contributed by atoms with Gasteiger partial charge in [-0.15, -0.1) is 0 Å². The molecule has 7 heteroatoms. The number of carbonyl (C=O) groups excluding carboxylic acids is 2. The number of nitrogens with one attached hydrogen (secondary N) is 3. The lowest BCUT2D eigenvalue weighted by molar-refractivity contribution is -0.885. The summed E-state index contributed by atoms with van der Waals surface area (Å²) in [5.74, 6) is 0.934. The topological polar surface area (TPSA) is 71.9 Å². The second kappa shape index (κ2) is 10.5. The molecule has 0 saturated heterocycles. The lowest BCUT2D eigenvalue weighted by Crippen LogP contribution is -3.15. The molecule has 0 bridgehead atoms. The Morgan fingerprint density at radius 3 is 2.67 bits per heavy atom. The molecule has 3 N–H and O–H groups in total. The lowest BCUT2D eigenvalue weighted by Gasteiger charge is -2.24. The van der Waals surface area contributed by atoms with Crippen LogP contribution in [-0.4, -0.2) is 45.1 Å². The molecule has 1 fully saturated rings. The Bertz CT molecular complexity index is 647. The van der Waals surface area contributed by atoms with Gasteiger partial charge in [-0.3, -0.25) is 9.59 Å². The van der Waals surface area contributed by atoms with Crippen molar-refractivity contribution in [1.29, 1.82) is 0 Å². The van der Waals surface area contributed by atoms with Gasteiger partial charge in [-0.05, 0) is 43.9 Å². The van der Waals surface area contributed by atoms with Gasteiger partial charge in [-0.1, -0.05) is 30.9 Å². The molecule has 0 spiro atoms. The van der Waals surface area contributed by atoms with Crippen molar-refractivity contribution in [1.82, 2.24) is 5.32 Å². The number of amides is 2. The fourth-order valence-electron chi connectivity index (χ4n) is 3.39. The van der Waals surface area contributed by atoms with E-state index in [4.69, 9.17) is 16.3 Å². The van der Waals surface area contributed by atoms with E-state index in [-0.39, 0.29) is 24.4 Å². The molecule has 0 aliphatic heterocycles. The van der Waals surface area contributed by atoms with Crippen molar-refractivity contribution in [3.8, 4) is 5.75 Å². The van der Waals surface area contributed by atoms with Gasteiger partial charge in [0, 0.05) is 11.6 Å². The number of benzene rings is 1. The number of carbonyl (C=O) groups is 2. The zero-order chi connectivity index (χ0) is 19.8. The van der Waals surface area contributed by atoms with E-state index in [9.17, 15) is 9.59 Å². The summed E-state index contributed by atoms with van der Waals surface area (Å²) >= 11 is 5.99. The van der Waals surface area contributed by atoms with E-state index < -0.39 is 0 Å². The van der Waals surface area contributed by atoms with Crippen molar-refractivity contribution in [2.24, 2.45) is 5.92 Å². The molecule has 1 unspecified atom stereocenters. The number of methoxy groups -OCH3 is 1. The molecule has 1 aromatic rings. The lowest BCUT2D eigenvalue weighted by atomic mass is 9.89. The molecule has 2 amide bonds. The van der Waals surface area contributed by atoms with Crippen molar-refractivity contribution in [2.45, 2.75) is 45.1 Å². The Labute approximate surface area is 166 Å². The van der Waals surface area contributed by atoms with Gasteiger partial charge < -0.3 is 20.3 Å². The summed E-state index contributed by atoms with van der Waals surface area (Å²) in [5.41, 5.74) is 0.525. The molecular formula is C20H31ClN3O3+. The summed E-state index contributed by atoms with van der Waals surface area (Å²) in [6.45, 7) is 2.76. The van der Waals surface area contributed by atoms with Gasteiger partial charge >= 0.3 is 0 Å². The highest BCUT2D eigenvalue weighted by Gasteiger charge is 2.25. The van der Waals surface area contributed by atoms with Gasteiger partial charge in [-0.2, -0.15) is 0 Å². The smallest absolute Gasteiger partial charge is 0.279 e. The van der Waals surface area contributed by atoms with Crippen molar-refractivity contribution >= 4 is 29.1 Å². The molecule has 6 nitrogen and oxygen atoms in total. The largest absolute Gasteiger partial charge is 0.495 e. The van der Waals surface area contributed by atoms with Crippen LogP contribution < -0.4 is 20.3 Å². The summed E-state index contributed by atoms with van der Waals surface area (Å²) in [7, 11) is 3.38. The van der Waals surface area contributed by atoms with Gasteiger partial charge in [0.15, 0.2) is 12.6 Å². The normalized spacial score (nSPS) is 17.0. The van der Waals surface area contributed by atoms with Crippen LogP contribution in [-0.2, 0) is 9.59 Å². The average molecular weight is 397 g/mol. The number of hydrogen-bond acceptors (Lipinski definition) is 3. The highest BCUT2D eigenvalue weighted by molar-refractivity contribution is 6.31. The van der Waals surface area contributed by atoms with Crippen LogP contribution in [0.3, 0.4) is 0 Å². The maximum Gasteiger partial charge on any atom is 0.279 e. The number of likely N-dealkylation sites (N-methyl/N-ethyl adjacent to an activating group) is 1. The minimum Gasteiger partial charge on any atom is -0.495 e. The molecule has 150 valence electrons. The van der Waals surface area contributed by atoms with E-state index in [1.54, 1.807) is 18.2 Å². The fraction of sp³-hybridized carbons (Fsp3) is 0.600. The van der Waals surface area contributed by atoms with E-state index >= 15 is 0 Å². The first-order valence-electron chi connectivity index (χ1n) is 9.64. The van der Waals surface area contributed by atoms with Crippen molar-refractivity contribution in [3.63, 3.8) is 0 Å². The molecule has 27 heavy (non-hydrogen) atoms. The molecule has 0 aromatic heterocycles. The highest BCUT2D eigenvalue weighted by atomic mass is 35.5. The predicted octanol–water partition coefficient (Wildman–Crippen LogP) is 1.89. The molecule has 1 aromatic carbocycles. The first kappa shape index (κ1) is 21.5. The van der Waals surface area contributed by atoms with E-state index in [2.05, 4.69) is 10.6 Å². The van der Waals surface area contributed by atoms with Gasteiger partial charge in [0.2, 0.25) is 0 Å². The number of halogens is 1. The number of quaternary nitrogens is 1. The van der Waals surface area contributed by atoms with E-state index in [1.807, 2.05) is 14.0 Å². The Kier molecular flexibility index (Phi) is 8.38. The SMILES string of the molecule is COc1ccc(Cl)cc1NC(=O)C[NH+](C)[C@H](C)C(=O)NCC1CCCCC1. The van der Waals surface area contributed by atoms with E-state index in [1.165, 1.54) is 39.2 Å². The van der Waals surface area contributed by atoms with Gasteiger partial charge in [-0.25, -0.2) is 0 Å². The highest BCUT2D eigenvalue weighted by Crippen LogP contribution is 2.27. The van der Waals surface area contributed by atoms with Crippen LogP contribution in [0.5, 0.6) is 5.75 Å². The van der Waals surface area contributed by atoms with E-state index in [0.717, 1.165) is 11.4 Å². The molecular weight excluding hydrogens is 366 g/mol. The van der Waals surface area contributed by atoms with Crippen molar-refractivity contribution in [3.05, 3.63) is 23.2 Å². The van der Waals surface area contributed by atoms with Crippen LogP contribution in [0.15, 0.2) is 18.2 Å². The predicted molar refractivity (Wildman–Crippen MR) is 107 cm³/mol. The van der Waals surface area contributed by atoms with Gasteiger partial charge in [0.1, 0.15) is 5.75 Å². The molecule has 1 aliphatic rings. The van der Waals surface area contributed by atoms with Gasteiger partial charge in [0.25, 0.3) is 11.8 Å². The minimum atomic E-state index is -0.305. The number of ether oxygens (including phenoxy) is 1. The van der Waals surface area contributed by atoms with Crippen molar-refractivity contribution < 1.29 is 19.2 Å². The number of rotatable bonds is 8. The van der Waals surface area contributed by atoms with Crippen LogP contribution >= 0.6 is 11.6 Å². The Hall–Kier alpha value is -1.79. The third-order valence-electron chi connectivity index (χ3n) is 5.30. The van der Waals surface area contributed by atoms with Gasteiger partial charge in [0.05, 0.1) is 19.8 Å². The first-order valence-corrected chi connectivity index (χ1v) is 10.0. The molecule has 1 aliphatic carbocycles. The molecule has 1 saturated carbocycles. The summed E-state index contributed by atoms with van der Waals surface area (Å²) < 4.78 is 5.24. The number of hydrogen-bond donors (Lipinski definition) is 3. The molecule has 2 rings (SSSR count). The summed E-state index contributed by atoms with van der Waals surface area (Å²) in [4.78, 5) is 25.6. The summed E-state index contributed by atoms with van der Waals surface area (Å²) in [5, 5.41) is 6.38. The van der Waals surface area contributed by atoms with Crippen LogP contribution in [0.25, 0.3) is 0 Å². The zero-order valence-electron chi connectivity index (χ0n) is 16.4. The molecule has 0 radical (unpaired) electrons. The standard InChI is InChI=1S/C20H30ClN3O3/c1-14(20(26)22-12-15-7-5-4-6-8-15)24(2)13-19(25)23-17-11-16(21)9-10-18(17)27-3/h9-11,14-15H,4-8,12-13H2,1-3H3,(H,22,26)(H,23,25)/p+1/t14-/m1/s1. The molecule has 2 atom stereocenters. The third-order valence-corrected chi connectivity index (χ3v) is 5.53. The average Bonchev–Trinajstić information content (AvgIpc) is 2.66. The Morgan fingerprint density at radius 1 is 1.30 bits per heavy atom. The Morgan fingerprint density at radius 2 is 2.00 bits per heavy atom. The quantitative estimate of drug-likeness (QED) is 0.628. The Balaban J connectivity index is 1.82. The maximum absolute atomic E-state index is 12.4. The van der Waals surface area contributed by atoms with Crippen molar-refractivity contribution in [2.75, 3.05) is 32.6 Å². The zero-order valence-corrected chi connectivity index (χ0v) is 17.2. The van der Waals surface area contributed by atoms with Crippen LogP contribution in [0.1, 0.15) is 39.0 Å². The minimum absolute atomic E-state index is 0.00814. The third kappa shape index (κ3) is 6.70. The van der Waals surface area contributed by atoms with Crippen LogP contribution in [0.2, 0.25) is 5.02 Å². The fourth-order valence-corrected chi connectivity index (χ4v) is 3.56. The summed E-state index contributed by atoms with van der Waals surface area (Å²) in [6, 6.07) is 4.75. The number of anilines is 1. The molecule has 0 heterocycles. The van der Waals surface area contributed by atoms with Crippen LogP contribution in [0, 0.1) is 5.92 Å². The monoisotopic (exact) mass is 396 g/mol.